The maximum atomic E-state index is 14.2. The summed E-state index contributed by atoms with van der Waals surface area (Å²) in [6.07, 6.45) is 0.371. The van der Waals surface area contributed by atoms with E-state index >= 15 is 0 Å². The van der Waals surface area contributed by atoms with Gasteiger partial charge in [-0.3, -0.25) is 9.59 Å². The summed E-state index contributed by atoms with van der Waals surface area (Å²) in [5.74, 6) is -8.30. The van der Waals surface area contributed by atoms with E-state index in [2.05, 4.69) is 15.5 Å². The Kier molecular flexibility index (Phi) is 29.4. The van der Waals surface area contributed by atoms with E-state index in [0.717, 1.165) is 32.4 Å². The number of hydrogen-bond acceptors (Lipinski definition) is 23. The van der Waals surface area contributed by atoms with Crippen LogP contribution in [0.2, 0.25) is 0 Å². The largest absolute Gasteiger partial charge is 0.462 e. The second-order valence-electron chi connectivity index (χ2n) is 23.4. The highest BCUT2D eigenvalue weighted by atomic mass is 16.7. The Morgan fingerprint density at radius 3 is 1.92 bits per heavy atom. The van der Waals surface area contributed by atoms with Gasteiger partial charge >= 0.3 is 5.97 Å². The molecule has 0 spiro atoms. The molecule has 16 N–H and O–H groups in total. The summed E-state index contributed by atoms with van der Waals surface area (Å²) < 4.78 is 29.5. The molecule has 0 saturated carbocycles. The number of piperidine rings is 1. The molecule has 3 unspecified atom stereocenters. The average molecular weight is 1200 g/mol. The van der Waals surface area contributed by atoms with Gasteiger partial charge in [0.15, 0.2) is 12.1 Å². The van der Waals surface area contributed by atoms with Gasteiger partial charge in [-0.15, -0.1) is 0 Å². The standard InChI is InChI=1S/C60H97N3O21/c1-36-20-16-13-11-9-7-5-6-8-10-12-14-17-21-43(83-58-55(75)51(53(73)39(4)82-58)62-35-60(79)56(76)54(74)47(70)34-80-60)31-48-50(57(77)61-24-27-63-25-18-15-19-26-63)46(69)33-59(78,84-48)32-42(66)29-45(68)44(67)23-22-40(64)28-41(65)30-49(71)81-38(3)37(2)52(36)72/h5-14,16-17,20-21,36-48,50-56,58,62,64-70,72-76,78-79H,15,18-19,22-35H2,1-4H3,(H,61,77)/b6-5+,9-7+,10-8+,13-11+,14-12+,20-16+,21-17+/t36-,37?,38-,39+,40+,41+,42-,43-,44+,45+,46-,47+,48?,50?,51-,52+,53+,54+,55-,56-,58-,59+,60+/m0/s1. The zero-order valence-electron chi connectivity index (χ0n) is 48.8. The number of aliphatic hydroxyl groups is 14. The smallest absolute Gasteiger partial charge is 0.308 e. The zero-order valence-corrected chi connectivity index (χ0v) is 48.8. The number of aliphatic hydroxyl groups excluding tert-OH is 12. The maximum absolute atomic E-state index is 14.2. The minimum Gasteiger partial charge on any atom is -0.462 e. The lowest BCUT2D eigenvalue weighted by Gasteiger charge is -2.47. The molecule has 0 aromatic carbocycles. The van der Waals surface area contributed by atoms with Crippen LogP contribution in [0.4, 0.5) is 0 Å². The minimum absolute atomic E-state index is 0.126. The third kappa shape index (κ3) is 22.2. The summed E-state index contributed by atoms with van der Waals surface area (Å²) in [5, 5.41) is 160. The van der Waals surface area contributed by atoms with E-state index in [-0.39, 0.29) is 38.1 Å². The van der Waals surface area contributed by atoms with Crippen LogP contribution >= 0.6 is 0 Å². The molecular formula is C60H97N3O21. The highest BCUT2D eigenvalue weighted by molar-refractivity contribution is 5.80. The molecule has 478 valence electrons. The average Bonchev–Trinajstić information content (AvgIpc) is 1.75. The van der Waals surface area contributed by atoms with Gasteiger partial charge in [-0.25, -0.2) is 0 Å². The van der Waals surface area contributed by atoms with Crippen molar-refractivity contribution in [2.75, 3.05) is 39.3 Å². The van der Waals surface area contributed by atoms with Gasteiger partial charge in [-0.05, 0) is 59.0 Å². The Balaban J connectivity index is 1.42. The summed E-state index contributed by atoms with van der Waals surface area (Å²) in [7, 11) is 0. The minimum atomic E-state index is -2.46. The molecule has 4 saturated heterocycles. The summed E-state index contributed by atoms with van der Waals surface area (Å²) in [5.41, 5.74) is 0. The number of fused-ring (bicyclic) bond motifs is 2. The first-order valence-corrected chi connectivity index (χ1v) is 29.7. The van der Waals surface area contributed by atoms with Crippen molar-refractivity contribution < 1.29 is 105 Å². The molecule has 1 amide bonds. The summed E-state index contributed by atoms with van der Waals surface area (Å²) in [4.78, 5) is 29.2. The van der Waals surface area contributed by atoms with Crippen LogP contribution in [0.25, 0.3) is 0 Å². The molecule has 0 aliphatic carbocycles. The van der Waals surface area contributed by atoms with Crippen LogP contribution in [0, 0.1) is 17.8 Å². The molecule has 5 aliphatic heterocycles. The molecule has 5 rings (SSSR count). The van der Waals surface area contributed by atoms with E-state index in [1.165, 1.54) is 6.92 Å². The first-order chi connectivity index (χ1) is 39.8. The number of nitrogens with one attached hydrogen (secondary N) is 2. The number of cyclic esters (lactones) is 1. The SMILES string of the molecule is CC1[C@H](C)OC(=O)C[C@H](O)C[C@H](O)CC[C@@H](O)[C@H](O)C[C@H](O)C[C@]2(O)C[C@H](O)C(C(=O)NCCN3CCCCC3)C(C[C@@H](O[C@@H]3O[C@H](C)[C@@H](O)[C@H](NC[C@@]4(O)OC[C@@H](O)[C@@H](O)[C@@H]4O)[C@@H]3O)/C=C/C=C/C=C/C=C/C=C/C=C/C=C/[C@H](C)[C@H]1O)O2. The van der Waals surface area contributed by atoms with Crippen molar-refractivity contribution in [2.45, 2.75) is 220 Å². The van der Waals surface area contributed by atoms with E-state index in [1.54, 1.807) is 92.8 Å². The van der Waals surface area contributed by atoms with Gasteiger partial charge in [0.1, 0.15) is 30.5 Å². The number of hydrogen-bond donors (Lipinski definition) is 16. The monoisotopic (exact) mass is 1200 g/mol. The lowest BCUT2D eigenvalue weighted by molar-refractivity contribution is -0.323. The molecule has 24 nitrogen and oxygen atoms in total. The molecule has 0 aromatic heterocycles. The molecular weight excluding hydrogens is 1100 g/mol. The van der Waals surface area contributed by atoms with Crippen LogP contribution in [0.15, 0.2) is 85.1 Å². The predicted octanol–water partition coefficient (Wildman–Crippen LogP) is -1.34. The Labute approximate surface area is 492 Å². The number of ether oxygens (including phenoxy) is 5. The highest BCUT2D eigenvalue weighted by Gasteiger charge is 2.53. The third-order valence-corrected chi connectivity index (χ3v) is 16.4. The van der Waals surface area contributed by atoms with E-state index in [1.807, 2.05) is 13.0 Å². The second kappa shape index (κ2) is 34.8. The van der Waals surface area contributed by atoms with Crippen molar-refractivity contribution in [3.63, 3.8) is 0 Å². The molecule has 84 heavy (non-hydrogen) atoms. The number of nitrogens with zero attached hydrogens (tertiary/aromatic N) is 1. The fourth-order valence-electron chi connectivity index (χ4n) is 11.1. The summed E-state index contributed by atoms with van der Waals surface area (Å²) in [6.45, 7) is 7.98. The highest BCUT2D eigenvalue weighted by Crippen LogP contribution is 2.39. The number of amides is 1. The van der Waals surface area contributed by atoms with Crippen molar-refractivity contribution in [2.24, 2.45) is 17.8 Å². The summed E-state index contributed by atoms with van der Waals surface area (Å²) in [6, 6.07) is -1.34. The van der Waals surface area contributed by atoms with Gasteiger partial charge in [0, 0.05) is 50.6 Å². The number of carbonyl (C=O) groups excluding carboxylic acids is 2. The van der Waals surface area contributed by atoms with Gasteiger partial charge < -0.3 is 111 Å². The molecule has 5 heterocycles. The van der Waals surface area contributed by atoms with Crippen molar-refractivity contribution in [3.8, 4) is 0 Å². The second-order valence-corrected chi connectivity index (χ2v) is 23.4. The molecule has 0 radical (unpaired) electrons. The van der Waals surface area contributed by atoms with Gasteiger partial charge in [-0.2, -0.15) is 0 Å². The van der Waals surface area contributed by atoms with E-state index in [4.69, 9.17) is 23.7 Å². The fraction of sp³-hybridized carbons (Fsp3) is 0.733. The number of rotatable bonds is 9. The third-order valence-electron chi connectivity index (χ3n) is 16.4. The van der Waals surface area contributed by atoms with Gasteiger partial charge in [-0.1, -0.05) is 105 Å². The van der Waals surface area contributed by atoms with Gasteiger partial charge in [0.05, 0.1) is 98.7 Å². The predicted molar refractivity (Wildman–Crippen MR) is 305 cm³/mol. The van der Waals surface area contributed by atoms with E-state index in [9.17, 15) is 81.1 Å². The van der Waals surface area contributed by atoms with E-state index in [0.29, 0.717) is 6.54 Å². The Morgan fingerprint density at radius 1 is 0.655 bits per heavy atom. The fourth-order valence-corrected chi connectivity index (χ4v) is 11.1. The molecule has 4 fully saturated rings. The Hall–Kier alpha value is -3.68. The number of likely N-dealkylation sites (tertiary alicyclic amines) is 1. The summed E-state index contributed by atoms with van der Waals surface area (Å²) >= 11 is 0. The Morgan fingerprint density at radius 2 is 1.27 bits per heavy atom. The van der Waals surface area contributed by atoms with Crippen molar-refractivity contribution >= 4 is 11.9 Å². The van der Waals surface area contributed by atoms with Gasteiger partial charge in [0.2, 0.25) is 11.7 Å². The molecule has 0 aromatic rings. The first kappa shape index (κ1) is 71.1. The van der Waals surface area contributed by atoms with Crippen LogP contribution in [-0.4, -0.2) is 249 Å². The number of carbonyl (C=O) groups is 2. The number of esters is 1. The van der Waals surface area contributed by atoms with Crippen molar-refractivity contribution in [3.05, 3.63) is 85.1 Å². The normalized spacial score (nSPS) is 44.7. The first-order valence-electron chi connectivity index (χ1n) is 29.7. The van der Waals surface area contributed by atoms with Crippen LogP contribution < -0.4 is 10.6 Å². The van der Waals surface area contributed by atoms with Crippen LogP contribution in [0.5, 0.6) is 0 Å². The van der Waals surface area contributed by atoms with Crippen molar-refractivity contribution in [1.29, 1.82) is 0 Å². The molecule has 2 bridgehead atoms. The van der Waals surface area contributed by atoms with Crippen molar-refractivity contribution in [1.82, 2.24) is 15.5 Å². The lowest BCUT2D eigenvalue weighted by atomic mass is 9.82. The molecule has 24 heteroatoms. The zero-order chi connectivity index (χ0) is 61.7. The Bertz CT molecular complexity index is 2190. The van der Waals surface area contributed by atoms with Crippen LogP contribution in [-0.2, 0) is 33.3 Å². The van der Waals surface area contributed by atoms with Crippen LogP contribution in [0.3, 0.4) is 0 Å². The quantitative estimate of drug-likeness (QED) is 0.119. The topological polar surface area (TPSA) is 391 Å². The van der Waals surface area contributed by atoms with Gasteiger partial charge in [0.25, 0.3) is 0 Å². The number of allylic oxidation sites excluding steroid dienone is 12. The lowest BCUT2D eigenvalue weighted by Crippen LogP contribution is -2.69. The molecule has 5 aliphatic rings. The van der Waals surface area contributed by atoms with E-state index < -0.39 is 184 Å². The maximum Gasteiger partial charge on any atom is 0.308 e. The van der Waals surface area contributed by atoms with Crippen LogP contribution in [0.1, 0.15) is 98.3 Å². The molecule has 23 atom stereocenters.